The second-order valence-corrected chi connectivity index (χ2v) is 7.76. The molecule has 0 fully saturated rings. The van der Waals surface area contributed by atoms with E-state index in [9.17, 15) is 14.4 Å². The molecule has 0 saturated carbocycles. The maximum Gasteiger partial charge on any atom is 0.407 e. The van der Waals surface area contributed by atoms with E-state index in [1.807, 2.05) is 36.4 Å². The number of carboxylic acids is 1. The Morgan fingerprint density at radius 3 is 2.26 bits per heavy atom. The zero-order valence-corrected chi connectivity index (χ0v) is 18.6. The lowest BCUT2D eigenvalue weighted by molar-refractivity contribution is -0.125. The van der Waals surface area contributed by atoms with Crippen LogP contribution in [-0.4, -0.2) is 59.2 Å². The zero-order valence-electron chi connectivity index (χ0n) is 18.6. The number of fused-ring (bicyclic) bond motifs is 3. The number of anilines is 1. The molecule has 10 heteroatoms. The summed E-state index contributed by atoms with van der Waals surface area (Å²) < 4.78 is 11.9. The molecule has 0 bridgehead atoms. The highest BCUT2D eigenvalue weighted by Crippen LogP contribution is 2.44. The molecule has 0 spiro atoms. The lowest BCUT2D eigenvalue weighted by Crippen LogP contribution is -2.41. The molecular formula is C24H24N4O6. The van der Waals surface area contributed by atoms with Crippen LogP contribution < -0.4 is 10.6 Å². The van der Waals surface area contributed by atoms with Crippen LogP contribution in [0.5, 0.6) is 0 Å². The molecule has 1 aliphatic carbocycles. The van der Waals surface area contributed by atoms with Crippen molar-refractivity contribution in [3.05, 3.63) is 71.4 Å². The lowest BCUT2D eigenvalue weighted by atomic mass is 9.98. The van der Waals surface area contributed by atoms with Crippen LogP contribution in [0.2, 0.25) is 0 Å². The Hall–Kier alpha value is -4.18. The Balaban J connectivity index is 1.33. The topological polar surface area (TPSA) is 132 Å². The molecule has 3 aromatic rings. The minimum atomic E-state index is -1.21. The number of carbonyl (C=O) groups excluding carboxylic acids is 2. The molecule has 0 radical (unpaired) electrons. The van der Waals surface area contributed by atoms with Gasteiger partial charge in [0.2, 0.25) is 0 Å². The van der Waals surface area contributed by atoms with E-state index in [1.165, 1.54) is 24.9 Å². The van der Waals surface area contributed by atoms with E-state index in [-0.39, 0.29) is 30.6 Å². The molecule has 0 saturated heterocycles. The number of ether oxygens (including phenoxy) is 2. The molecule has 1 unspecified atom stereocenters. The number of alkyl carbamates (subject to hydrolysis) is 1. The van der Waals surface area contributed by atoms with Crippen LogP contribution in [0.15, 0.2) is 54.6 Å². The first kappa shape index (κ1) is 23.0. The predicted molar refractivity (Wildman–Crippen MR) is 123 cm³/mol. The summed E-state index contributed by atoms with van der Waals surface area (Å²) in [7, 11) is 2.83. The number of aryl methyl sites for hydroxylation is 1. The summed E-state index contributed by atoms with van der Waals surface area (Å²) in [5.74, 6) is -1.67. The first-order chi connectivity index (χ1) is 16.4. The molecule has 1 aliphatic rings. The predicted octanol–water partition coefficient (Wildman–Crippen LogP) is 2.61. The first-order valence-electron chi connectivity index (χ1n) is 10.6. The van der Waals surface area contributed by atoms with E-state index >= 15 is 0 Å². The van der Waals surface area contributed by atoms with Gasteiger partial charge < -0.3 is 25.2 Å². The normalized spacial score (nSPS) is 13.0. The fraction of sp³-hybridized carbons (Fsp3) is 0.250. The highest BCUT2D eigenvalue weighted by molar-refractivity contribution is 5.95. The van der Waals surface area contributed by atoms with Crippen LogP contribution >= 0.6 is 0 Å². The van der Waals surface area contributed by atoms with Crippen LogP contribution in [0.3, 0.4) is 0 Å². The van der Waals surface area contributed by atoms with Gasteiger partial charge in [0.1, 0.15) is 12.4 Å². The number of rotatable bonds is 8. The number of methoxy groups -OCH3 is 1. The Morgan fingerprint density at radius 2 is 1.71 bits per heavy atom. The molecule has 2 aromatic carbocycles. The van der Waals surface area contributed by atoms with Gasteiger partial charge in [0.05, 0.1) is 6.54 Å². The Bertz CT molecular complexity index is 1190. The van der Waals surface area contributed by atoms with Crippen molar-refractivity contribution in [1.82, 2.24) is 15.1 Å². The van der Waals surface area contributed by atoms with Crippen LogP contribution in [0.1, 0.15) is 27.5 Å². The molecule has 34 heavy (non-hydrogen) atoms. The molecule has 2 amide bonds. The van der Waals surface area contributed by atoms with Gasteiger partial charge in [0.25, 0.3) is 5.91 Å². The molecule has 1 heterocycles. The largest absolute Gasteiger partial charge is 0.476 e. The number of benzene rings is 2. The third-order valence-electron chi connectivity index (χ3n) is 5.70. The Kier molecular flexibility index (Phi) is 6.60. The molecule has 0 aliphatic heterocycles. The highest BCUT2D eigenvalue weighted by Gasteiger charge is 2.29. The number of nitrogens with one attached hydrogen (secondary N) is 2. The van der Waals surface area contributed by atoms with E-state index in [1.54, 1.807) is 0 Å². The van der Waals surface area contributed by atoms with Crippen LogP contribution in [0, 0.1) is 0 Å². The quantitative estimate of drug-likeness (QED) is 0.467. The number of carboxylic acid groups (broad SMARTS) is 1. The van der Waals surface area contributed by atoms with Crippen molar-refractivity contribution in [3.8, 4) is 11.1 Å². The van der Waals surface area contributed by atoms with Crippen molar-refractivity contribution < 1.29 is 29.0 Å². The summed E-state index contributed by atoms with van der Waals surface area (Å²) in [6.45, 7) is 0.0132. The minimum Gasteiger partial charge on any atom is -0.476 e. The summed E-state index contributed by atoms with van der Waals surface area (Å²) >= 11 is 0. The number of amides is 2. The number of carbonyl (C=O) groups is 3. The number of hydrogen-bond acceptors (Lipinski definition) is 6. The van der Waals surface area contributed by atoms with Crippen molar-refractivity contribution in [3.63, 3.8) is 0 Å². The van der Waals surface area contributed by atoms with Crippen molar-refractivity contribution in [2.75, 3.05) is 25.6 Å². The summed E-state index contributed by atoms with van der Waals surface area (Å²) in [6.07, 6.45) is -1.70. The van der Waals surface area contributed by atoms with Gasteiger partial charge in [-0.25, -0.2) is 9.59 Å². The fourth-order valence-electron chi connectivity index (χ4n) is 4.00. The standard InChI is InChI=1S/C24H24N4O6/c1-28-21(11-19(27-28)23(30)31)26-22(29)20(33-2)12-25-24(32)34-13-18-16-9-5-3-7-14(16)15-8-4-6-10-17(15)18/h3-11,18,20H,12-13H2,1-2H3,(H,25,32)(H,26,29)(H,30,31). The van der Waals surface area contributed by atoms with Gasteiger partial charge in [0.15, 0.2) is 11.8 Å². The average Bonchev–Trinajstić information content (AvgIpc) is 3.36. The molecular weight excluding hydrogens is 440 g/mol. The maximum absolute atomic E-state index is 12.5. The summed E-state index contributed by atoms with van der Waals surface area (Å²) in [5.41, 5.74) is 4.25. The van der Waals surface area contributed by atoms with E-state index in [0.717, 1.165) is 22.3 Å². The number of hydrogen-bond donors (Lipinski definition) is 3. The van der Waals surface area contributed by atoms with Gasteiger partial charge in [-0.3, -0.25) is 9.48 Å². The molecule has 3 N–H and O–H groups in total. The van der Waals surface area contributed by atoms with Crippen LogP contribution in [-0.2, 0) is 21.3 Å². The van der Waals surface area contributed by atoms with Crippen LogP contribution in [0.25, 0.3) is 11.1 Å². The van der Waals surface area contributed by atoms with E-state index in [0.29, 0.717) is 0 Å². The highest BCUT2D eigenvalue weighted by atomic mass is 16.5. The van der Waals surface area contributed by atoms with E-state index < -0.39 is 24.1 Å². The number of aromatic carboxylic acids is 1. The fourth-order valence-corrected chi connectivity index (χ4v) is 4.00. The van der Waals surface area contributed by atoms with E-state index in [2.05, 4.69) is 27.9 Å². The smallest absolute Gasteiger partial charge is 0.407 e. The SMILES string of the molecule is COC(CNC(=O)OCC1c2ccccc2-c2ccccc21)C(=O)Nc1cc(C(=O)O)nn1C. The third-order valence-corrected chi connectivity index (χ3v) is 5.70. The van der Waals surface area contributed by atoms with Gasteiger partial charge in [-0.2, -0.15) is 5.10 Å². The zero-order chi connectivity index (χ0) is 24.2. The summed E-state index contributed by atoms with van der Waals surface area (Å²) in [5, 5.41) is 17.9. The minimum absolute atomic E-state index is 0.0760. The Morgan fingerprint density at radius 1 is 1.09 bits per heavy atom. The lowest BCUT2D eigenvalue weighted by Gasteiger charge is -2.17. The van der Waals surface area contributed by atoms with Gasteiger partial charge in [-0.05, 0) is 22.3 Å². The molecule has 1 atom stereocenters. The van der Waals surface area contributed by atoms with Crippen molar-refractivity contribution in [2.24, 2.45) is 7.05 Å². The number of aromatic nitrogens is 2. The van der Waals surface area contributed by atoms with Crippen molar-refractivity contribution in [1.29, 1.82) is 0 Å². The van der Waals surface area contributed by atoms with E-state index in [4.69, 9.17) is 14.6 Å². The molecule has 1 aromatic heterocycles. The third kappa shape index (κ3) is 4.62. The maximum atomic E-state index is 12.5. The van der Waals surface area contributed by atoms with Gasteiger partial charge in [-0.1, -0.05) is 48.5 Å². The monoisotopic (exact) mass is 464 g/mol. The number of nitrogens with zero attached hydrogens (tertiary/aromatic N) is 2. The molecule has 176 valence electrons. The molecule has 10 nitrogen and oxygen atoms in total. The van der Waals surface area contributed by atoms with Crippen molar-refractivity contribution >= 4 is 23.8 Å². The second-order valence-electron chi connectivity index (χ2n) is 7.76. The average molecular weight is 464 g/mol. The molecule has 4 rings (SSSR count). The summed E-state index contributed by atoms with van der Waals surface area (Å²) in [6, 6.07) is 17.3. The first-order valence-corrected chi connectivity index (χ1v) is 10.6. The second kappa shape index (κ2) is 9.75. The van der Waals surface area contributed by atoms with Crippen LogP contribution in [0.4, 0.5) is 10.6 Å². The summed E-state index contributed by atoms with van der Waals surface area (Å²) in [4.78, 5) is 35.9. The van der Waals surface area contributed by atoms with Gasteiger partial charge in [0, 0.05) is 26.1 Å². The van der Waals surface area contributed by atoms with Crippen molar-refractivity contribution in [2.45, 2.75) is 12.0 Å². The van der Waals surface area contributed by atoms with Gasteiger partial charge in [-0.15, -0.1) is 0 Å². The van der Waals surface area contributed by atoms with Gasteiger partial charge >= 0.3 is 12.1 Å². The Labute approximate surface area is 195 Å².